The van der Waals surface area contributed by atoms with Crippen LogP contribution in [0.2, 0.25) is 0 Å². The van der Waals surface area contributed by atoms with Crippen molar-refractivity contribution in [1.82, 2.24) is 0 Å². The molecule has 1 radical (unpaired) electrons. The van der Waals surface area contributed by atoms with E-state index in [1.54, 1.807) is 0 Å². The minimum atomic E-state index is 0. The van der Waals surface area contributed by atoms with Gasteiger partial charge in [0.2, 0.25) is 0 Å². The van der Waals surface area contributed by atoms with Crippen LogP contribution < -0.4 is 9.80 Å². The van der Waals surface area contributed by atoms with Crippen molar-refractivity contribution in [3.63, 3.8) is 0 Å². The average molecular weight is 457 g/mol. The van der Waals surface area contributed by atoms with Crippen molar-refractivity contribution < 1.29 is 20.1 Å². The van der Waals surface area contributed by atoms with Crippen LogP contribution in [0.25, 0.3) is 0 Å². The molecule has 0 amide bonds. The molecule has 1 aliphatic heterocycles. The Labute approximate surface area is 141 Å². The Morgan fingerprint density at radius 2 is 1.43 bits per heavy atom. The molecule has 2 aromatic carbocycles. The zero-order valence-corrected chi connectivity index (χ0v) is 15.5. The number of fused-ring (bicyclic) bond motifs is 1. The molecule has 3 rings (SSSR count). The Morgan fingerprint density at radius 3 is 2.05 bits per heavy atom. The molecular formula is C18H20IrN2-2. The van der Waals surface area contributed by atoms with E-state index in [-0.39, 0.29) is 20.1 Å². The Hall–Kier alpha value is -1.31. The molecule has 0 fully saturated rings. The van der Waals surface area contributed by atoms with Gasteiger partial charge in [0.15, 0.2) is 0 Å². The third kappa shape index (κ3) is 2.73. The Bertz CT molecular complexity index is 679. The summed E-state index contributed by atoms with van der Waals surface area (Å²) in [5.74, 6) is 0. The van der Waals surface area contributed by atoms with Crippen molar-refractivity contribution in [2.45, 2.75) is 27.7 Å². The second kappa shape index (κ2) is 5.82. The fourth-order valence-corrected chi connectivity index (χ4v) is 2.55. The van der Waals surface area contributed by atoms with Crippen LogP contribution in [0.1, 0.15) is 22.3 Å². The number of nitrogens with zero attached hydrogens (tertiary/aromatic N) is 2. The molecule has 1 heterocycles. The van der Waals surface area contributed by atoms with Gasteiger partial charge in [-0.25, -0.2) is 0 Å². The molecule has 0 N–H and O–H groups in total. The molecule has 2 nitrogen and oxygen atoms in total. The van der Waals surface area contributed by atoms with E-state index in [0.29, 0.717) is 0 Å². The summed E-state index contributed by atoms with van der Waals surface area (Å²) in [5.41, 5.74) is 8.81. The first-order valence-electron chi connectivity index (χ1n) is 6.94. The summed E-state index contributed by atoms with van der Waals surface area (Å²) < 4.78 is 0. The standard InChI is InChI=1S/C18H20N2.Ir/c1-12-6-7-16(8-13(12)2)20-11-19(5)17-9-14(3)15(4)10-18(17)20;/h6,8-11H,1-5H3;/q-2;. The molecule has 0 saturated carbocycles. The quantitative estimate of drug-likeness (QED) is 0.586. The fourth-order valence-electron chi connectivity index (χ4n) is 2.55. The number of benzene rings is 2. The summed E-state index contributed by atoms with van der Waals surface area (Å²) in [5, 5.41) is 0. The molecule has 113 valence electrons. The first-order valence-corrected chi connectivity index (χ1v) is 6.94. The first kappa shape index (κ1) is 16.1. The van der Waals surface area contributed by atoms with Gasteiger partial charge in [0.05, 0.1) is 0 Å². The maximum Gasteiger partial charge on any atom is 0.0329 e. The topological polar surface area (TPSA) is 6.48 Å². The molecular weight excluding hydrogens is 436 g/mol. The van der Waals surface area contributed by atoms with Gasteiger partial charge in [-0.1, -0.05) is 13.8 Å². The van der Waals surface area contributed by atoms with Crippen LogP contribution in [0.15, 0.2) is 24.3 Å². The SMILES string of the molecule is Cc1c[c-]c(N2[CH-]N(C)c3cc(C)c(C)cc32)cc1C.[Ir]. The minimum absolute atomic E-state index is 0. The van der Waals surface area contributed by atoms with Crippen molar-refractivity contribution in [1.29, 1.82) is 0 Å². The van der Waals surface area contributed by atoms with Gasteiger partial charge < -0.3 is 9.80 Å². The maximum absolute atomic E-state index is 3.38. The summed E-state index contributed by atoms with van der Waals surface area (Å²) >= 11 is 0. The van der Waals surface area contributed by atoms with Crippen molar-refractivity contribution in [2.24, 2.45) is 0 Å². The summed E-state index contributed by atoms with van der Waals surface area (Å²) in [4.78, 5) is 4.39. The minimum Gasteiger partial charge on any atom is -0.504 e. The molecule has 0 unspecified atom stereocenters. The van der Waals surface area contributed by atoms with Crippen molar-refractivity contribution in [3.8, 4) is 0 Å². The molecule has 0 aromatic heterocycles. The molecule has 2 aromatic rings. The Balaban J connectivity index is 0.00000161. The normalized spacial score (nSPS) is 13.2. The third-order valence-electron chi connectivity index (χ3n) is 4.19. The van der Waals surface area contributed by atoms with E-state index in [4.69, 9.17) is 0 Å². The second-order valence-corrected chi connectivity index (χ2v) is 5.71. The largest absolute Gasteiger partial charge is 0.504 e. The van der Waals surface area contributed by atoms with Crippen LogP contribution in [-0.2, 0) is 20.1 Å². The van der Waals surface area contributed by atoms with E-state index in [0.717, 1.165) is 5.69 Å². The molecule has 0 aliphatic carbocycles. The number of aryl methyl sites for hydroxylation is 4. The van der Waals surface area contributed by atoms with E-state index in [2.05, 4.69) is 81.5 Å². The third-order valence-corrected chi connectivity index (χ3v) is 4.19. The predicted octanol–water partition coefficient (Wildman–Crippen LogP) is 4.43. The number of hydrogen-bond donors (Lipinski definition) is 0. The maximum atomic E-state index is 3.38. The molecule has 0 spiro atoms. The van der Waals surface area contributed by atoms with Crippen LogP contribution in [0.3, 0.4) is 0 Å². The van der Waals surface area contributed by atoms with Crippen LogP contribution >= 0.6 is 0 Å². The summed E-state index contributed by atoms with van der Waals surface area (Å²) in [7, 11) is 2.09. The fraction of sp³-hybridized carbons (Fsp3) is 0.278. The molecule has 0 saturated heterocycles. The monoisotopic (exact) mass is 457 g/mol. The average Bonchev–Trinajstić information content (AvgIpc) is 2.71. The van der Waals surface area contributed by atoms with Gasteiger partial charge in [-0.2, -0.15) is 29.9 Å². The van der Waals surface area contributed by atoms with E-state index in [1.807, 2.05) is 0 Å². The van der Waals surface area contributed by atoms with Crippen molar-refractivity contribution in [3.05, 3.63) is 59.3 Å². The molecule has 1 aliphatic rings. The first-order chi connectivity index (χ1) is 9.47. The van der Waals surface area contributed by atoms with Gasteiger partial charge in [0, 0.05) is 31.5 Å². The summed E-state index contributed by atoms with van der Waals surface area (Å²) in [6.07, 6.45) is 0. The van der Waals surface area contributed by atoms with Gasteiger partial charge in [-0.15, -0.1) is 11.8 Å². The molecule has 21 heavy (non-hydrogen) atoms. The Kier molecular flexibility index (Phi) is 4.46. The molecule has 3 heteroatoms. The predicted molar refractivity (Wildman–Crippen MR) is 85.5 cm³/mol. The van der Waals surface area contributed by atoms with Crippen molar-refractivity contribution in [2.75, 3.05) is 16.8 Å². The zero-order valence-electron chi connectivity index (χ0n) is 13.1. The zero-order chi connectivity index (χ0) is 14.4. The molecule has 0 bridgehead atoms. The van der Waals surface area contributed by atoms with Crippen LogP contribution in [0.5, 0.6) is 0 Å². The van der Waals surface area contributed by atoms with Gasteiger partial charge >= 0.3 is 0 Å². The summed E-state index contributed by atoms with van der Waals surface area (Å²) in [6.45, 7) is 10.7. The van der Waals surface area contributed by atoms with Crippen LogP contribution in [0, 0.1) is 40.4 Å². The van der Waals surface area contributed by atoms with Gasteiger partial charge in [0.25, 0.3) is 0 Å². The number of hydrogen-bond acceptors (Lipinski definition) is 2. The van der Waals surface area contributed by atoms with Crippen LogP contribution in [0.4, 0.5) is 17.1 Å². The van der Waals surface area contributed by atoms with Crippen LogP contribution in [-0.4, -0.2) is 7.05 Å². The van der Waals surface area contributed by atoms with E-state index in [9.17, 15) is 0 Å². The number of anilines is 3. The Morgan fingerprint density at radius 1 is 0.857 bits per heavy atom. The summed E-state index contributed by atoms with van der Waals surface area (Å²) in [6, 6.07) is 12.2. The number of rotatable bonds is 1. The molecule has 0 atom stereocenters. The smallest absolute Gasteiger partial charge is 0.0329 e. The van der Waals surface area contributed by atoms with E-state index < -0.39 is 0 Å². The second-order valence-electron chi connectivity index (χ2n) is 5.71. The van der Waals surface area contributed by atoms with E-state index >= 15 is 0 Å². The van der Waals surface area contributed by atoms with Crippen molar-refractivity contribution >= 4 is 17.1 Å². The van der Waals surface area contributed by atoms with Gasteiger partial charge in [0.1, 0.15) is 0 Å². The van der Waals surface area contributed by atoms with Gasteiger partial charge in [-0.05, 0) is 44.2 Å². The van der Waals surface area contributed by atoms with E-state index in [1.165, 1.54) is 33.6 Å². The van der Waals surface area contributed by atoms with Gasteiger partial charge in [-0.3, -0.25) is 0 Å².